The normalized spacial score (nSPS) is 37.3. The van der Waals surface area contributed by atoms with Gasteiger partial charge < -0.3 is 0 Å². The number of hydrogen-bond acceptors (Lipinski definition) is 1. The predicted molar refractivity (Wildman–Crippen MR) is 96.2 cm³/mol. The van der Waals surface area contributed by atoms with Crippen LogP contribution >= 0.6 is 25.2 Å². The Labute approximate surface area is 127 Å². The van der Waals surface area contributed by atoms with Crippen molar-refractivity contribution in [3.63, 3.8) is 0 Å². The van der Waals surface area contributed by atoms with Crippen molar-refractivity contribution in [1.82, 2.24) is 0 Å². The van der Waals surface area contributed by atoms with Gasteiger partial charge in [0.1, 0.15) is 0 Å². The summed E-state index contributed by atoms with van der Waals surface area (Å²) in [6.07, 6.45) is 12.0. The maximum Gasteiger partial charge on any atom is -0.0113 e. The Morgan fingerprint density at radius 3 is 1.11 bits per heavy atom. The predicted octanol–water partition coefficient (Wildman–Crippen LogP) is 7.22. The minimum absolute atomic E-state index is 0.298. The molecule has 0 amide bonds. The fourth-order valence-electron chi connectivity index (χ4n) is 3.79. The monoisotopic (exact) mass is 318 g/mol. The lowest BCUT2D eigenvalue weighted by Crippen LogP contribution is -2.03. The van der Waals surface area contributed by atoms with Gasteiger partial charge in [0, 0.05) is 0 Å². The molecule has 0 aromatic carbocycles. The van der Waals surface area contributed by atoms with Crippen LogP contribution in [0.25, 0.3) is 0 Å². The molecule has 0 N–H and O–H groups in total. The van der Waals surface area contributed by atoms with Gasteiger partial charge in [0.2, 0.25) is 0 Å². The molecule has 0 unspecified atom stereocenters. The summed E-state index contributed by atoms with van der Waals surface area (Å²) in [6, 6.07) is 0. The van der Waals surface area contributed by atoms with Crippen molar-refractivity contribution in [3.05, 3.63) is 0 Å². The Morgan fingerprint density at radius 2 is 0.895 bits per heavy atom. The summed E-state index contributed by atoms with van der Waals surface area (Å²) in [5.41, 5.74) is 4.40. The number of rotatable bonds is 6. The van der Waals surface area contributed by atoms with Gasteiger partial charge in [0.25, 0.3) is 0 Å². The Morgan fingerprint density at radius 1 is 0.632 bits per heavy atom. The fraction of sp³-hybridized carbons (Fsp3) is 1.00. The van der Waals surface area contributed by atoms with E-state index in [1.54, 1.807) is 25.7 Å². The van der Waals surface area contributed by atoms with E-state index in [-0.39, 0.29) is 0 Å². The Bertz CT molecular complexity index is 221. The summed E-state index contributed by atoms with van der Waals surface area (Å²) >= 11 is 2.58. The van der Waals surface area contributed by atoms with Crippen molar-refractivity contribution in [1.29, 1.82) is 0 Å². The Hall–Kier alpha value is 1.21. The molecule has 0 bridgehead atoms. The SMILES string of the molecule is CC[C@@H]1CC[C@@H](CC)P1SP1[C@H](CC)CC[C@H]1CC. The standard InChI is InChI=1S/C16H32P2S/c1-5-13-9-10-14(6-2)17(13)19-18-15(7-3)11-12-16(18)8-4/h13-16H,5-12H2,1-4H3/t13-,14-,15-,16-/m1/s1. The van der Waals surface area contributed by atoms with E-state index < -0.39 is 0 Å². The second-order valence-corrected chi connectivity index (χ2v) is 15.2. The number of hydrogen-bond donors (Lipinski definition) is 0. The molecule has 2 saturated heterocycles. The molecule has 0 aromatic rings. The van der Waals surface area contributed by atoms with Crippen molar-refractivity contribution < 1.29 is 0 Å². The van der Waals surface area contributed by atoms with Crippen LogP contribution in [0.4, 0.5) is 0 Å². The van der Waals surface area contributed by atoms with Gasteiger partial charge in [-0.25, -0.2) is 0 Å². The van der Waals surface area contributed by atoms with E-state index >= 15 is 0 Å². The van der Waals surface area contributed by atoms with Crippen LogP contribution in [0.1, 0.15) is 79.1 Å². The van der Waals surface area contributed by atoms with Crippen LogP contribution in [0.3, 0.4) is 0 Å². The highest BCUT2D eigenvalue weighted by molar-refractivity contribution is 8.85. The first-order valence-electron chi connectivity index (χ1n) is 8.49. The molecule has 0 saturated carbocycles. The van der Waals surface area contributed by atoms with Crippen LogP contribution < -0.4 is 0 Å². The van der Waals surface area contributed by atoms with E-state index in [2.05, 4.69) is 38.7 Å². The molecular formula is C16H32P2S. The third-order valence-electron chi connectivity index (χ3n) is 5.18. The topological polar surface area (TPSA) is 0 Å². The molecular weight excluding hydrogens is 286 g/mol. The quantitative estimate of drug-likeness (QED) is 0.466. The molecule has 0 nitrogen and oxygen atoms in total. The van der Waals surface area contributed by atoms with Crippen LogP contribution in [-0.4, -0.2) is 22.6 Å². The molecule has 2 rings (SSSR count). The molecule has 0 spiro atoms. The fourth-order valence-corrected chi connectivity index (χ4v) is 20.9. The van der Waals surface area contributed by atoms with Gasteiger partial charge >= 0.3 is 0 Å². The summed E-state index contributed by atoms with van der Waals surface area (Å²) in [4.78, 5) is 0. The van der Waals surface area contributed by atoms with E-state index in [0.717, 1.165) is 22.6 Å². The van der Waals surface area contributed by atoms with E-state index in [9.17, 15) is 0 Å². The van der Waals surface area contributed by atoms with Gasteiger partial charge in [-0.1, -0.05) is 27.7 Å². The average molecular weight is 318 g/mol. The van der Waals surface area contributed by atoms with Crippen molar-refractivity contribution in [2.24, 2.45) is 0 Å². The molecule has 4 atom stereocenters. The van der Waals surface area contributed by atoms with Crippen LogP contribution in [0.15, 0.2) is 0 Å². The molecule has 2 aliphatic rings. The molecule has 2 heterocycles. The van der Waals surface area contributed by atoms with Crippen LogP contribution in [0.5, 0.6) is 0 Å². The summed E-state index contributed by atoms with van der Waals surface area (Å²) in [5.74, 6) is 0. The Kier molecular flexibility index (Phi) is 6.98. The lowest BCUT2D eigenvalue weighted by molar-refractivity contribution is 0.696. The first-order valence-corrected chi connectivity index (χ1v) is 13.5. The average Bonchev–Trinajstić information content (AvgIpc) is 3.02. The van der Waals surface area contributed by atoms with Crippen molar-refractivity contribution in [2.45, 2.75) is 102 Å². The molecule has 3 heteroatoms. The Balaban J connectivity index is 2.03. The van der Waals surface area contributed by atoms with E-state index in [1.807, 2.05) is 0 Å². The molecule has 0 aromatic heterocycles. The molecule has 0 aliphatic carbocycles. The zero-order valence-corrected chi connectivity index (χ0v) is 15.9. The molecule has 0 radical (unpaired) electrons. The zero-order chi connectivity index (χ0) is 13.8. The summed E-state index contributed by atoms with van der Waals surface area (Å²) < 4.78 is 0. The first kappa shape index (κ1) is 16.6. The lowest BCUT2D eigenvalue weighted by Gasteiger charge is -2.32. The zero-order valence-electron chi connectivity index (χ0n) is 13.3. The van der Waals surface area contributed by atoms with Gasteiger partial charge in [-0.3, -0.25) is 0 Å². The summed E-state index contributed by atoms with van der Waals surface area (Å²) in [5, 5.41) is 0. The van der Waals surface area contributed by atoms with Gasteiger partial charge in [-0.2, -0.15) is 0 Å². The summed E-state index contributed by atoms with van der Waals surface area (Å²) in [6.45, 7) is 9.76. The molecule has 2 aliphatic heterocycles. The van der Waals surface area contributed by atoms with E-state index in [0.29, 0.717) is 14.2 Å². The maximum absolute atomic E-state index is 2.58. The van der Waals surface area contributed by atoms with Crippen molar-refractivity contribution in [3.8, 4) is 0 Å². The molecule has 2 fully saturated rings. The molecule has 112 valence electrons. The second kappa shape index (κ2) is 8.00. The smallest absolute Gasteiger partial charge is 0.0113 e. The first-order chi connectivity index (χ1) is 9.24. The second-order valence-electron chi connectivity index (χ2n) is 6.20. The van der Waals surface area contributed by atoms with Crippen molar-refractivity contribution in [2.75, 3.05) is 0 Å². The van der Waals surface area contributed by atoms with Crippen LogP contribution in [-0.2, 0) is 0 Å². The van der Waals surface area contributed by atoms with Gasteiger partial charge in [0.15, 0.2) is 0 Å². The summed E-state index contributed by atoms with van der Waals surface area (Å²) in [7, 11) is 0.595. The largest absolute Gasteiger partial charge is 0.106 e. The van der Waals surface area contributed by atoms with Gasteiger partial charge in [-0.15, -0.1) is 11.0 Å². The highest BCUT2D eigenvalue weighted by Crippen LogP contribution is 2.81. The lowest BCUT2D eigenvalue weighted by atomic mass is 10.1. The minimum atomic E-state index is 0.298. The highest BCUT2D eigenvalue weighted by atomic mass is 33.1. The minimum Gasteiger partial charge on any atom is -0.106 e. The molecule has 19 heavy (non-hydrogen) atoms. The van der Waals surface area contributed by atoms with Crippen LogP contribution in [0.2, 0.25) is 0 Å². The third-order valence-corrected chi connectivity index (χ3v) is 19.0. The van der Waals surface area contributed by atoms with Gasteiger partial charge in [0.05, 0.1) is 0 Å². The highest BCUT2D eigenvalue weighted by Gasteiger charge is 2.41. The van der Waals surface area contributed by atoms with Gasteiger partial charge in [-0.05, 0) is 88.2 Å². The van der Waals surface area contributed by atoms with E-state index in [1.165, 1.54) is 25.7 Å². The third kappa shape index (κ3) is 3.70. The van der Waals surface area contributed by atoms with E-state index in [4.69, 9.17) is 0 Å². The van der Waals surface area contributed by atoms with Crippen molar-refractivity contribution >= 4 is 25.2 Å². The maximum atomic E-state index is 2.58. The van der Waals surface area contributed by atoms with Crippen LogP contribution in [0, 0.1) is 0 Å².